The molecular weight excluding hydrogens is 575 g/mol. The minimum atomic E-state index is -1.46. The van der Waals surface area contributed by atoms with Crippen molar-refractivity contribution in [1.82, 2.24) is 30.4 Å². The molecule has 196 valence electrons. The number of rotatable bonds is 9. The molecule has 5 rings (SSSR count). The largest absolute Gasteiger partial charge is 1.00 e. The first-order chi connectivity index (χ1) is 18.3. The van der Waals surface area contributed by atoms with Gasteiger partial charge in [0, 0.05) is 18.6 Å². The van der Waals surface area contributed by atoms with Crippen LogP contribution in [0.4, 0.5) is 0 Å². The van der Waals surface area contributed by atoms with E-state index in [1.165, 1.54) is 28.2 Å². The Hall–Kier alpha value is -2.69. The molecular formula is C23H19N6NaO6S3. The van der Waals surface area contributed by atoms with E-state index in [-0.39, 0.29) is 47.4 Å². The molecule has 0 aliphatic carbocycles. The molecule has 0 spiro atoms. The average molecular weight is 595 g/mol. The third-order valence-corrected chi connectivity index (χ3v) is 9.12. The molecule has 39 heavy (non-hydrogen) atoms. The number of aryl methyl sites for hydroxylation is 1. The topological polar surface area (TPSA) is 159 Å². The standard InChI is InChI=1S/C23H20N6O6S3.Na/c1-28-23(25-26-27-28)38-11-13-10-37-20-16(19(31)29(20)17(13)21(32)33)24-15(30)9-12-7-8-36-18(12)22(34)35-14-5-3-2-4-6-14;/h2-8,16,20H,9-11H2,1H3,(H,24,30)(H,32,33);/q;+1/p-1/t16?,20-;/m1./s1. The third-order valence-electron chi connectivity index (χ3n) is 5.75. The number of nitrogens with zero attached hydrogens (tertiary/aromatic N) is 5. The van der Waals surface area contributed by atoms with Crippen molar-refractivity contribution in [2.75, 3.05) is 11.5 Å². The number of thioether (sulfide) groups is 2. The monoisotopic (exact) mass is 594 g/mol. The smallest absolute Gasteiger partial charge is 0.543 e. The van der Waals surface area contributed by atoms with Crippen LogP contribution in [0.2, 0.25) is 0 Å². The fourth-order valence-corrected chi connectivity index (χ4v) is 7.10. The number of carboxylic acids is 1. The van der Waals surface area contributed by atoms with Crippen molar-refractivity contribution in [1.29, 1.82) is 0 Å². The van der Waals surface area contributed by atoms with Gasteiger partial charge in [0.15, 0.2) is 0 Å². The van der Waals surface area contributed by atoms with Crippen molar-refractivity contribution in [2.24, 2.45) is 7.05 Å². The van der Waals surface area contributed by atoms with Gasteiger partial charge in [-0.2, -0.15) is 0 Å². The summed E-state index contributed by atoms with van der Waals surface area (Å²) >= 11 is 3.76. The van der Waals surface area contributed by atoms with Gasteiger partial charge in [0.1, 0.15) is 22.0 Å². The quantitative estimate of drug-likeness (QED) is 0.0899. The SMILES string of the molecule is Cn1nnnc1SCC1=C(C(=O)[O-])N2C(=O)C(NC(=O)Cc3ccsc3C(=O)Oc3ccccc3)[C@H]2SC1.[Na+]. The molecule has 16 heteroatoms. The molecule has 2 aliphatic heterocycles. The van der Waals surface area contributed by atoms with Crippen LogP contribution >= 0.6 is 34.9 Å². The van der Waals surface area contributed by atoms with Gasteiger partial charge in [-0.3, -0.25) is 14.5 Å². The number of benzene rings is 1. The molecule has 0 saturated carbocycles. The van der Waals surface area contributed by atoms with E-state index in [1.807, 2.05) is 0 Å². The van der Waals surface area contributed by atoms with Crippen molar-refractivity contribution in [3.8, 4) is 5.75 Å². The van der Waals surface area contributed by atoms with Crippen molar-refractivity contribution < 1.29 is 58.6 Å². The summed E-state index contributed by atoms with van der Waals surface area (Å²) < 4.78 is 6.83. The number of ether oxygens (including phenoxy) is 1. The molecule has 1 N–H and O–H groups in total. The zero-order valence-corrected chi connectivity index (χ0v) is 25.2. The van der Waals surface area contributed by atoms with Crippen molar-refractivity contribution in [3.05, 3.63) is 63.5 Å². The summed E-state index contributed by atoms with van der Waals surface area (Å²) in [4.78, 5) is 51.7. The molecule has 1 saturated heterocycles. The van der Waals surface area contributed by atoms with E-state index in [4.69, 9.17) is 4.74 Å². The van der Waals surface area contributed by atoms with E-state index in [2.05, 4.69) is 20.8 Å². The number of nitrogens with one attached hydrogen (secondary N) is 1. The number of tetrazole rings is 1. The van der Waals surface area contributed by atoms with Gasteiger partial charge in [-0.1, -0.05) is 30.0 Å². The van der Waals surface area contributed by atoms with Crippen molar-refractivity contribution in [2.45, 2.75) is 23.0 Å². The summed E-state index contributed by atoms with van der Waals surface area (Å²) in [5, 5.41) is 27.4. The Balaban J connectivity index is 0.00000353. The third kappa shape index (κ3) is 6.23. The van der Waals surface area contributed by atoms with Crippen LogP contribution in [-0.2, 0) is 27.9 Å². The Bertz CT molecular complexity index is 1440. The number of hydrogen-bond donors (Lipinski definition) is 1. The van der Waals surface area contributed by atoms with Gasteiger partial charge in [0.25, 0.3) is 5.91 Å². The Morgan fingerprint density at radius 3 is 2.69 bits per heavy atom. The van der Waals surface area contributed by atoms with Crippen LogP contribution in [0.1, 0.15) is 15.2 Å². The predicted molar refractivity (Wildman–Crippen MR) is 136 cm³/mol. The molecule has 2 aromatic heterocycles. The predicted octanol–water partition coefficient (Wildman–Crippen LogP) is -2.77. The summed E-state index contributed by atoms with van der Waals surface area (Å²) in [7, 11) is 1.67. The number of esters is 1. The Labute approximate surface area is 256 Å². The molecule has 1 fully saturated rings. The van der Waals surface area contributed by atoms with E-state index >= 15 is 0 Å². The van der Waals surface area contributed by atoms with Crippen LogP contribution in [0.5, 0.6) is 5.75 Å². The number of carboxylic acid groups (broad SMARTS) is 1. The number of carbonyl (C=O) groups excluding carboxylic acids is 4. The fourth-order valence-electron chi connectivity index (χ4n) is 3.97. The molecule has 1 aromatic carbocycles. The first kappa shape index (κ1) is 29.3. The average Bonchev–Trinajstić information content (AvgIpc) is 3.54. The normalized spacial score (nSPS) is 18.1. The Kier molecular flexibility index (Phi) is 9.51. The number of hydrogen-bond acceptors (Lipinski definition) is 12. The number of thiophene rings is 1. The van der Waals surface area contributed by atoms with E-state index in [0.29, 0.717) is 32.7 Å². The molecule has 1 unspecified atom stereocenters. The van der Waals surface area contributed by atoms with E-state index < -0.39 is 35.2 Å². The number of para-hydroxylation sites is 1. The summed E-state index contributed by atoms with van der Waals surface area (Å²) in [6, 6.07) is 9.36. The zero-order valence-electron chi connectivity index (χ0n) is 20.7. The number of amides is 2. The summed E-state index contributed by atoms with van der Waals surface area (Å²) in [5.74, 6) is -2.05. The second kappa shape index (κ2) is 12.7. The molecule has 2 aliphatic rings. The molecule has 12 nitrogen and oxygen atoms in total. The molecule has 0 radical (unpaired) electrons. The van der Waals surface area contributed by atoms with E-state index in [9.17, 15) is 24.3 Å². The van der Waals surface area contributed by atoms with Gasteiger partial charge in [-0.25, -0.2) is 9.48 Å². The molecule has 0 bridgehead atoms. The first-order valence-corrected chi connectivity index (χ1v) is 14.1. The minimum absolute atomic E-state index is 0. The van der Waals surface area contributed by atoms with Crippen molar-refractivity contribution >= 4 is 58.6 Å². The van der Waals surface area contributed by atoms with Gasteiger partial charge in [-0.15, -0.1) is 28.2 Å². The maximum Gasteiger partial charge on any atom is 1.00 e. The van der Waals surface area contributed by atoms with Gasteiger partial charge in [0.2, 0.25) is 11.1 Å². The molecule has 2 atom stereocenters. The van der Waals surface area contributed by atoms with Crippen LogP contribution in [0, 0.1) is 0 Å². The minimum Gasteiger partial charge on any atom is -0.543 e. The summed E-state index contributed by atoms with van der Waals surface area (Å²) in [5.41, 5.74) is 0.800. The number of carbonyl (C=O) groups is 4. The zero-order chi connectivity index (χ0) is 26.8. The molecule has 4 heterocycles. The summed E-state index contributed by atoms with van der Waals surface area (Å²) in [6.07, 6.45) is -0.138. The second-order valence-electron chi connectivity index (χ2n) is 8.22. The van der Waals surface area contributed by atoms with E-state index in [1.54, 1.807) is 48.8 Å². The maximum atomic E-state index is 12.9. The molecule has 2 amide bonds. The van der Waals surface area contributed by atoms with Gasteiger partial charge < -0.3 is 20.0 Å². The number of aromatic nitrogens is 4. The van der Waals surface area contributed by atoms with Crippen molar-refractivity contribution in [3.63, 3.8) is 0 Å². The maximum absolute atomic E-state index is 12.9. The van der Waals surface area contributed by atoms with Crippen LogP contribution in [0.25, 0.3) is 0 Å². The van der Waals surface area contributed by atoms with Crippen LogP contribution in [0.3, 0.4) is 0 Å². The number of fused-ring (bicyclic) bond motifs is 1. The Morgan fingerprint density at radius 2 is 2.00 bits per heavy atom. The van der Waals surface area contributed by atoms with Crippen LogP contribution in [0.15, 0.2) is 58.2 Å². The summed E-state index contributed by atoms with van der Waals surface area (Å²) in [6.45, 7) is 0. The first-order valence-electron chi connectivity index (χ1n) is 11.2. The van der Waals surface area contributed by atoms with Gasteiger partial charge >= 0.3 is 35.5 Å². The van der Waals surface area contributed by atoms with Crippen LogP contribution in [-0.4, -0.2) is 71.8 Å². The van der Waals surface area contributed by atoms with Gasteiger partial charge in [0.05, 0.1) is 18.1 Å². The second-order valence-corrected chi connectivity index (χ2v) is 11.2. The number of β-lactam (4-membered cyclic amide) rings is 1. The van der Waals surface area contributed by atoms with E-state index in [0.717, 1.165) is 16.2 Å². The fraction of sp³-hybridized carbons (Fsp3) is 0.261. The van der Waals surface area contributed by atoms with Gasteiger partial charge in [-0.05, 0) is 45.1 Å². The number of aliphatic carboxylic acids is 1. The molecule has 3 aromatic rings. The Morgan fingerprint density at radius 1 is 1.23 bits per heavy atom. The van der Waals surface area contributed by atoms with Crippen LogP contribution < -0.4 is 44.7 Å².